The third kappa shape index (κ3) is 4.06. The summed E-state index contributed by atoms with van der Waals surface area (Å²) in [6.07, 6.45) is 1.72. The molecule has 5 aromatic rings. The van der Waals surface area contributed by atoms with Gasteiger partial charge in [0.05, 0.1) is 16.3 Å². The molecule has 7 heteroatoms. The lowest BCUT2D eigenvalue weighted by atomic mass is 10.1. The zero-order chi connectivity index (χ0) is 21.2. The molecule has 0 amide bonds. The number of hydrogen-bond acceptors (Lipinski definition) is 6. The molecule has 0 bridgehead atoms. The maximum absolute atomic E-state index is 5.66. The molecular weight excluding hydrogens is 424 g/mol. The molecule has 0 unspecified atom stereocenters. The van der Waals surface area contributed by atoms with Crippen molar-refractivity contribution in [3.05, 3.63) is 89.1 Å². The Morgan fingerprint density at radius 3 is 2.61 bits per heavy atom. The standard InChI is InChI=1S/C24H20N4OS2/c1-16-10-11-20(13-17(16)2)28-22(18-7-4-3-5-8-18)26-27-24(28)31-15-19-14-29-23(25-19)21-9-6-12-30-21/h3-14H,15H2,1-2H3. The number of oxazole rings is 1. The Hall–Kier alpha value is -3.16. The zero-order valence-electron chi connectivity index (χ0n) is 17.1. The van der Waals surface area contributed by atoms with Gasteiger partial charge < -0.3 is 4.42 Å². The average molecular weight is 445 g/mol. The van der Waals surface area contributed by atoms with E-state index in [0.717, 1.165) is 32.8 Å². The third-order valence-corrected chi connectivity index (χ3v) is 6.87. The van der Waals surface area contributed by atoms with Crippen molar-refractivity contribution in [2.75, 3.05) is 0 Å². The molecule has 5 nitrogen and oxygen atoms in total. The summed E-state index contributed by atoms with van der Waals surface area (Å²) in [4.78, 5) is 5.65. The maximum Gasteiger partial charge on any atom is 0.236 e. The van der Waals surface area contributed by atoms with Crippen molar-refractivity contribution in [2.45, 2.75) is 24.8 Å². The molecule has 3 heterocycles. The fourth-order valence-corrected chi connectivity index (χ4v) is 4.74. The minimum atomic E-state index is 0.645. The van der Waals surface area contributed by atoms with Crippen LogP contribution in [0.15, 0.2) is 81.9 Å². The Labute approximate surface area is 188 Å². The smallest absolute Gasteiger partial charge is 0.236 e. The van der Waals surface area contributed by atoms with Crippen molar-refractivity contribution >= 4 is 23.1 Å². The highest BCUT2D eigenvalue weighted by Crippen LogP contribution is 2.31. The maximum atomic E-state index is 5.66. The molecule has 0 radical (unpaired) electrons. The Kier molecular flexibility index (Phi) is 5.44. The van der Waals surface area contributed by atoms with Crippen LogP contribution in [-0.4, -0.2) is 19.7 Å². The van der Waals surface area contributed by atoms with Gasteiger partial charge in [-0.1, -0.05) is 54.2 Å². The molecule has 0 aliphatic heterocycles. The largest absolute Gasteiger partial charge is 0.444 e. The SMILES string of the molecule is Cc1ccc(-n2c(SCc3coc(-c4cccs4)n3)nnc2-c2ccccc2)cc1C. The molecule has 0 aliphatic carbocycles. The molecule has 0 aliphatic rings. The fourth-order valence-electron chi connectivity index (χ4n) is 3.26. The predicted octanol–water partition coefficient (Wildman–Crippen LogP) is 6.56. The van der Waals surface area contributed by atoms with Gasteiger partial charge in [0.25, 0.3) is 0 Å². The van der Waals surface area contributed by atoms with Crippen LogP contribution in [0, 0.1) is 13.8 Å². The first kappa shape index (κ1) is 19.8. The highest BCUT2D eigenvalue weighted by Gasteiger charge is 2.17. The van der Waals surface area contributed by atoms with Gasteiger partial charge in [-0.2, -0.15) is 0 Å². The summed E-state index contributed by atoms with van der Waals surface area (Å²) in [5.41, 5.74) is 5.45. The van der Waals surface area contributed by atoms with Crippen LogP contribution < -0.4 is 0 Å². The summed E-state index contributed by atoms with van der Waals surface area (Å²) in [6.45, 7) is 4.24. The van der Waals surface area contributed by atoms with E-state index in [0.29, 0.717) is 11.6 Å². The number of benzene rings is 2. The second-order valence-corrected chi connectivity index (χ2v) is 9.08. The van der Waals surface area contributed by atoms with E-state index in [1.54, 1.807) is 29.4 Å². The number of aromatic nitrogens is 4. The fraction of sp³-hybridized carbons (Fsp3) is 0.125. The van der Waals surface area contributed by atoms with E-state index in [-0.39, 0.29) is 0 Å². The van der Waals surface area contributed by atoms with Crippen LogP contribution in [0.2, 0.25) is 0 Å². The minimum Gasteiger partial charge on any atom is -0.444 e. The van der Waals surface area contributed by atoms with E-state index in [1.807, 2.05) is 35.7 Å². The zero-order valence-corrected chi connectivity index (χ0v) is 18.8. The van der Waals surface area contributed by atoms with E-state index < -0.39 is 0 Å². The van der Waals surface area contributed by atoms with E-state index in [1.165, 1.54) is 11.1 Å². The van der Waals surface area contributed by atoms with Gasteiger partial charge in [0.15, 0.2) is 11.0 Å². The van der Waals surface area contributed by atoms with Gasteiger partial charge in [0.2, 0.25) is 5.89 Å². The molecule has 31 heavy (non-hydrogen) atoms. The Morgan fingerprint density at radius 1 is 0.968 bits per heavy atom. The summed E-state index contributed by atoms with van der Waals surface area (Å²) in [6, 6.07) is 20.6. The number of thioether (sulfide) groups is 1. The molecule has 0 fully saturated rings. The summed E-state index contributed by atoms with van der Waals surface area (Å²) < 4.78 is 7.78. The number of aryl methyl sites for hydroxylation is 2. The van der Waals surface area contributed by atoms with Gasteiger partial charge in [-0.05, 0) is 48.6 Å². The van der Waals surface area contributed by atoms with Crippen LogP contribution in [0.3, 0.4) is 0 Å². The summed E-state index contributed by atoms with van der Waals surface area (Å²) in [5.74, 6) is 2.13. The highest BCUT2D eigenvalue weighted by molar-refractivity contribution is 7.98. The quantitative estimate of drug-likeness (QED) is 0.278. The van der Waals surface area contributed by atoms with Crippen LogP contribution in [-0.2, 0) is 5.75 Å². The number of hydrogen-bond donors (Lipinski definition) is 0. The lowest BCUT2D eigenvalue weighted by Gasteiger charge is -2.12. The van der Waals surface area contributed by atoms with Crippen molar-refractivity contribution in [3.8, 4) is 27.8 Å². The molecule has 5 rings (SSSR count). The summed E-state index contributed by atoms with van der Waals surface area (Å²) in [5, 5.41) is 11.9. The van der Waals surface area contributed by atoms with Crippen molar-refractivity contribution in [1.82, 2.24) is 19.7 Å². The van der Waals surface area contributed by atoms with Crippen molar-refractivity contribution < 1.29 is 4.42 Å². The molecule has 0 saturated heterocycles. The second-order valence-electron chi connectivity index (χ2n) is 7.19. The Morgan fingerprint density at radius 2 is 1.84 bits per heavy atom. The minimum absolute atomic E-state index is 0.645. The molecular formula is C24H20N4OS2. The van der Waals surface area contributed by atoms with E-state index in [4.69, 9.17) is 4.42 Å². The van der Waals surface area contributed by atoms with Crippen molar-refractivity contribution in [1.29, 1.82) is 0 Å². The first-order chi connectivity index (χ1) is 15.2. The molecule has 0 spiro atoms. The lowest BCUT2D eigenvalue weighted by molar-refractivity contribution is 0.575. The van der Waals surface area contributed by atoms with Crippen LogP contribution >= 0.6 is 23.1 Å². The van der Waals surface area contributed by atoms with Gasteiger partial charge in [-0.25, -0.2) is 4.98 Å². The van der Waals surface area contributed by atoms with Gasteiger partial charge in [-0.15, -0.1) is 21.5 Å². The third-order valence-electron chi connectivity index (χ3n) is 5.05. The predicted molar refractivity (Wildman–Crippen MR) is 126 cm³/mol. The van der Waals surface area contributed by atoms with Gasteiger partial charge >= 0.3 is 0 Å². The van der Waals surface area contributed by atoms with Crippen LogP contribution in [0.25, 0.3) is 27.8 Å². The van der Waals surface area contributed by atoms with E-state index in [2.05, 4.69) is 63.9 Å². The highest BCUT2D eigenvalue weighted by atomic mass is 32.2. The first-order valence-corrected chi connectivity index (χ1v) is 11.7. The molecule has 2 aromatic carbocycles. The van der Waals surface area contributed by atoms with Gasteiger partial charge in [0, 0.05) is 11.3 Å². The topological polar surface area (TPSA) is 56.7 Å². The molecule has 0 atom stereocenters. The number of thiophene rings is 1. The van der Waals surface area contributed by atoms with Crippen molar-refractivity contribution in [3.63, 3.8) is 0 Å². The molecule has 0 N–H and O–H groups in total. The Bertz CT molecular complexity index is 1310. The summed E-state index contributed by atoms with van der Waals surface area (Å²) >= 11 is 3.22. The number of rotatable bonds is 6. The first-order valence-electron chi connectivity index (χ1n) is 9.88. The number of nitrogens with zero attached hydrogens (tertiary/aromatic N) is 4. The van der Waals surface area contributed by atoms with E-state index >= 15 is 0 Å². The summed E-state index contributed by atoms with van der Waals surface area (Å²) in [7, 11) is 0. The average Bonchev–Trinajstić information content (AvgIpc) is 3.55. The molecule has 3 aromatic heterocycles. The van der Waals surface area contributed by atoms with Crippen LogP contribution in [0.4, 0.5) is 0 Å². The molecule has 0 saturated carbocycles. The normalized spacial score (nSPS) is 11.2. The van der Waals surface area contributed by atoms with Gasteiger partial charge in [0.1, 0.15) is 6.26 Å². The van der Waals surface area contributed by atoms with Crippen LogP contribution in [0.5, 0.6) is 0 Å². The Balaban J connectivity index is 1.48. The molecule has 154 valence electrons. The monoisotopic (exact) mass is 444 g/mol. The van der Waals surface area contributed by atoms with Gasteiger partial charge in [-0.3, -0.25) is 4.57 Å². The van der Waals surface area contributed by atoms with Crippen LogP contribution in [0.1, 0.15) is 16.8 Å². The lowest BCUT2D eigenvalue weighted by Crippen LogP contribution is -2.01. The van der Waals surface area contributed by atoms with Crippen molar-refractivity contribution in [2.24, 2.45) is 0 Å². The van der Waals surface area contributed by atoms with E-state index in [9.17, 15) is 0 Å². The second kappa shape index (κ2) is 8.53.